The van der Waals surface area contributed by atoms with Gasteiger partial charge in [-0.05, 0) is 12.1 Å². The van der Waals surface area contributed by atoms with Crippen LogP contribution in [-0.4, -0.2) is 20.9 Å². The molecule has 0 saturated heterocycles. The van der Waals surface area contributed by atoms with Crippen molar-refractivity contribution in [3.63, 3.8) is 0 Å². The van der Waals surface area contributed by atoms with Crippen molar-refractivity contribution in [2.24, 2.45) is 0 Å². The van der Waals surface area contributed by atoms with E-state index >= 15 is 0 Å². The molecular formula is C13H10N4O. The Bertz CT molecular complexity index is 690. The highest BCUT2D eigenvalue weighted by Gasteiger charge is 2.12. The largest absolute Gasteiger partial charge is 0.360 e. The van der Waals surface area contributed by atoms with Crippen LogP contribution in [0.15, 0.2) is 48.9 Å². The van der Waals surface area contributed by atoms with Gasteiger partial charge in [0.1, 0.15) is 0 Å². The van der Waals surface area contributed by atoms with Gasteiger partial charge in [-0.2, -0.15) is 0 Å². The SMILES string of the molecule is O=C(Nc1ncccn1)c1c[nH]c2ccccc12. The second-order valence-electron chi connectivity index (χ2n) is 3.77. The van der Waals surface area contributed by atoms with Gasteiger partial charge in [0.15, 0.2) is 0 Å². The van der Waals surface area contributed by atoms with E-state index in [9.17, 15) is 4.79 Å². The van der Waals surface area contributed by atoms with E-state index in [1.807, 2.05) is 24.3 Å². The van der Waals surface area contributed by atoms with Gasteiger partial charge >= 0.3 is 0 Å². The van der Waals surface area contributed by atoms with E-state index in [-0.39, 0.29) is 5.91 Å². The van der Waals surface area contributed by atoms with Crippen molar-refractivity contribution in [2.75, 3.05) is 5.32 Å². The Morgan fingerprint density at radius 1 is 1.11 bits per heavy atom. The zero-order valence-electron chi connectivity index (χ0n) is 9.42. The molecule has 0 unspecified atom stereocenters. The Balaban J connectivity index is 1.93. The second kappa shape index (κ2) is 4.29. The predicted octanol–water partition coefficient (Wildman–Crippen LogP) is 2.21. The number of aromatic nitrogens is 3. The molecule has 1 aromatic carbocycles. The third-order valence-corrected chi connectivity index (χ3v) is 2.62. The molecule has 88 valence electrons. The summed E-state index contributed by atoms with van der Waals surface area (Å²) in [6.07, 6.45) is 4.85. The van der Waals surface area contributed by atoms with Crippen molar-refractivity contribution >= 4 is 22.8 Å². The smallest absolute Gasteiger partial charge is 0.260 e. The van der Waals surface area contributed by atoms with Gasteiger partial charge in [-0.25, -0.2) is 9.97 Å². The molecule has 2 N–H and O–H groups in total. The highest BCUT2D eigenvalue weighted by Crippen LogP contribution is 2.18. The third kappa shape index (κ3) is 1.82. The average Bonchev–Trinajstić information content (AvgIpc) is 2.84. The Morgan fingerprint density at radius 2 is 1.89 bits per heavy atom. The van der Waals surface area contributed by atoms with E-state index in [4.69, 9.17) is 0 Å². The minimum absolute atomic E-state index is 0.223. The Morgan fingerprint density at radius 3 is 2.72 bits per heavy atom. The summed E-state index contributed by atoms with van der Waals surface area (Å²) in [5, 5.41) is 3.54. The monoisotopic (exact) mass is 238 g/mol. The lowest BCUT2D eigenvalue weighted by Gasteiger charge is -2.01. The van der Waals surface area contributed by atoms with Crippen molar-refractivity contribution in [3.05, 3.63) is 54.5 Å². The summed E-state index contributed by atoms with van der Waals surface area (Å²) in [5.74, 6) is 0.0754. The summed E-state index contributed by atoms with van der Waals surface area (Å²) in [5.41, 5.74) is 1.51. The number of amides is 1. The maximum absolute atomic E-state index is 12.1. The van der Waals surface area contributed by atoms with Gasteiger partial charge < -0.3 is 4.98 Å². The van der Waals surface area contributed by atoms with Crippen molar-refractivity contribution in [1.29, 1.82) is 0 Å². The third-order valence-electron chi connectivity index (χ3n) is 2.62. The van der Waals surface area contributed by atoms with Crippen LogP contribution in [-0.2, 0) is 0 Å². The predicted molar refractivity (Wildman–Crippen MR) is 68.3 cm³/mol. The first-order valence-corrected chi connectivity index (χ1v) is 5.49. The number of carbonyl (C=O) groups is 1. The van der Waals surface area contributed by atoms with E-state index in [0.29, 0.717) is 11.5 Å². The summed E-state index contributed by atoms with van der Waals surface area (Å²) in [6, 6.07) is 9.33. The number of benzene rings is 1. The van der Waals surface area contributed by atoms with Crippen LogP contribution in [0.1, 0.15) is 10.4 Å². The molecule has 18 heavy (non-hydrogen) atoms. The molecule has 0 saturated carbocycles. The zero-order valence-corrected chi connectivity index (χ0v) is 9.42. The highest BCUT2D eigenvalue weighted by atomic mass is 16.1. The van der Waals surface area contributed by atoms with Gasteiger partial charge in [0.05, 0.1) is 5.56 Å². The maximum Gasteiger partial charge on any atom is 0.260 e. The number of carbonyl (C=O) groups excluding carboxylic acids is 1. The van der Waals surface area contributed by atoms with Crippen LogP contribution < -0.4 is 5.32 Å². The maximum atomic E-state index is 12.1. The van der Waals surface area contributed by atoms with E-state index < -0.39 is 0 Å². The number of para-hydroxylation sites is 1. The van der Waals surface area contributed by atoms with Crippen molar-refractivity contribution in [2.45, 2.75) is 0 Å². The van der Waals surface area contributed by atoms with Gasteiger partial charge in [0.2, 0.25) is 5.95 Å². The van der Waals surface area contributed by atoms with Crippen molar-refractivity contribution in [3.8, 4) is 0 Å². The standard InChI is InChI=1S/C13H10N4O/c18-12(17-13-14-6-3-7-15-13)10-8-16-11-5-2-1-4-9(10)11/h1-8,16H,(H,14,15,17,18). The number of hydrogen-bond donors (Lipinski definition) is 2. The highest BCUT2D eigenvalue weighted by molar-refractivity contribution is 6.12. The fraction of sp³-hybridized carbons (Fsp3) is 0. The van der Waals surface area contributed by atoms with Crippen LogP contribution in [0.4, 0.5) is 5.95 Å². The van der Waals surface area contributed by atoms with E-state index in [2.05, 4.69) is 20.3 Å². The Kier molecular flexibility index (Phi) is 2.49. The summed E-state index contributed by atoms with van der Waals surface area (Å²) < 4.78 is 0. The molecule has 0 spiro atoms. The summed E-state index contributed by atoms with van der Waals surface area (Å²) >= 11 is 0. The number of nitrogens with zero attached hydrogens (tertiary/aromatic N) is 2. The second-order valence-corrected chi connectivity index (χ2v) is 3.77. The molecule has 0 radical (unpaired) electrons. The zero-order chi connectivity index (χ0) is 12.4. The molecule has 0 atom stereocenters. The Labute approximate surface area is 103 Å². The first-order chi connectivity index (χ1) is 8.84. The fourth-order valence-electron chi connectivity index (χ4n) is 1.79. The molecule has 2 aromatic heterocycles. The molecule has 1 amide bonds. The van der Waals surface area contributed by atoms with E-state index in [1.165, 1.54) is 0 Å². The number of anilines is 1. The molecule has 0 aliphatic rings. The first kappa shape index (κ1) is 10.5. The molecule has 0 fully saturated rings. The number of nitrogens with one attached hydrogen (secondary N) is 2. The molecular weight excluding hydrogens is 228 g/mol. The number of hydrogen-bond acceptors (Lipinski definition) is 3. The van der Waals surface area contributed by atoms with Crippen LogP contribution in [0.25, 0.3) is 10.9 Å². The number of rotatable bonds is 2. The van der Waals surface area contributed by atoms with Crippen molar-refractivity contribution in [1.82, 2.24) is 15.0 Å². The van der Waals surface area contributed by atoms with Gasteiger partial charge in [-0.15, -0.1) is 0 Å². The lowest BCUT2D eigenvalue weighted by atomic mass is 10.1. The van der Waals surface area contributed by atoms with Crippen LogP contribution in [0.5, 0.6) is 0 Å². The fourth-order valence-corrected chi connectivity index (χ4v) is 1.79. The molecule has 2 heterocycles. The summed E-state index contributed by atoms with van der Waals surface area (Å²) in [6.45, 7) is 0. The average molecular weight is 238 g/mol. The van der Waals surface area contributed by atoms with Gasteiger partial charge in [0.25, 0.3) is 5.91 Å². The number of fused-ring (bicyclic) bond motifs is 1. The molecule has 3 aromatic rings. The molecule has 5 nitrogen and oxygen atoms in total. The Hall–Kier alpha value is -2.69. The topological polar surface area (TPSA) is 70.7 Å². The molecule has 3 rings (SSSR count). The van der Waals surface area contributed by atoms with Gasteiger partial charge in [0, 0.05) is 29.5 Å². The molecule has 0 aliphatic heterocycles. The first-order valence-electron chi connectivity index (χ1n) is 5.49. The number of aromatic amines is 1. The van der Waals surface area contributed by atoms with Crippen LogP contribution in [0, 0.1) is 0 Å². The van der Waals surface area contributed by atoms with Crippen LogP contribution >= 0.6 is 0 Å². The lowest BCUT2D eigenvalue weighted by Crippen LogP contribution is -2.13. The summed E-state index contributed by atoms with van der Waals surface area (Å²) in [4.78, 5) is 23.0. The molecule has 5 heteroatoms. The summed E-state index contributed by atoms with van der Waals surface area (Å²) in [7, 11) is 0. The minimum Gasteiger partial charge on any atom is -0.360 e. The van der Waals surface area contributed by atoms with Crippen molar-refractivity contribution < 1.29 is 4.79 Å². The van der Waals surface area contributed by atoms with Gasteiger partial charge in [-0.1, -0.05) is 18.2 Å². The van der Waals surface area contributed by atoms with E-state index in [0.717, 1.165) is 10.9 Å². The normalized spacial score (nSPS) is 10.4. The molecule has 0 bridgehead atoms. The number of H-pyrrole nitrogens is 1. The van der Waals surface area contributed by atoms with E-state index in [1.54, 1.807) is 24.7 Å². The minimum atomic E-state index is -0.223. The molecule has 0 aliphatic carbocycles. The van der Waals surface area contributed by atoms with Crippen LogP contribution in [0.2, 0.25) is 0 Å². The lowest BCUT2D eigenvalue weighted by molar-refractivity contribution is 0.102. The quantitative estimate of drug-likeness (QED) is 0.719. The van der Waals surface area contributed by atoms with Crippen LogP contribution in [0.3, 0.4) is 0 Å². The van der Waals surface area contributed by atoms with Gasteiger partial charge in [-0.3, -0.25) is 10.1 Å².